The van der Waals surface area contributed by atoms with E-state index in [4.69, 9.17) is 14.7 Å². The van der Waals surface area contributed by atoms with Gasteiger partial charge in [0.15, 0.2) is 0 Å². The minimum Gasteiger partial charge on any atom is -0.380 e. The second-order valence-electron chi connectivity index (χ2n) is 6.17. The van der Waals surface area contributed by atoms with Gasteiger partial charge in [-0.25, -0.2) is 9.97 Å². The molecule has 1 rings (SSSR count). The van der Waals surface area contributed by atoms with E-state index >= 15 is 0 Å². The largest absolute Gasteiger partial charge is 0.380 e. The van der Waals surface area contributed by atoms with Crippen LogP contribution in [0.2, 0.25) is 0 Å². The number of hydrogen-bond donors (Lipinski definition) is 2. The van der Waals surface area contributed by atoms with E-state index in [1.54, 1.807) is 0 Å². The number of nitrogens with zero attached hydrogens (tertiary/aromatic N) is 2. The molecular formula is C16H30N4O. The quantitative estimate of drug-likeness (QED) is 0.720. The number of anilines is 2. The molecule has 0 unspecified atom stereocenters. The average molecular weight is 294 g/mol. The molecule has 0 aliphatic rings. The Labute approximate surface area is 128 Å². The van der Waals surface area contributed by atoms with Crippen molar-refractivity contribution in [3.05, 3.63) is 11.4 Å². The van der Waals surface area contributed by atoms with Gasteiger partial charge in [-0.1, -0.05) is 27.7 Å². The van der Waals surface area contributed by atoms with E-state index in [9.17, 15) is 0 Å². The van der Waals surface area contributed by atoms with Crippen molar-refractivity contribution in [3.63, 3.8) is 0 Å². The van der Waals surface area contributed by atoms with Gasteiger partial charge >= 0.3 is 0 Å². The molecule has 0 bridgehead atoms. The molecule has 0 aliphatic heterocycles. The highest BCUT2D eigenvalue weighted by Crippen LogP contribution is 2.26. The Morgan fingerprint density at radius 2 is 1.57 bits per heavy atom. The molecule has 0 aliphatic carbocycles. The Kier molecular flexibility index (Phi) is 6.89. The molecular weight excluding hydrogens is 264 g/mol. The summed E-state index contributed by atoms with van der Waals surface area (Å²) in [5.74, 6) is 2.68. The smallest absolute Gasteiger partial charge is 0.138 e. The lowest BCUT2D eigenvalue weighted by Crippen LogP contribution is -2.21. The highest BCUT2D eigenvalue weighted by atomic mass is 16.5. The van der Waals surface area contributed by atoms with Gasteiger partial charge in [-0.2, -0.15) is 0 Å². The van der Waals surface area contributed by atoms with E-state index in [-0.39, 0.29) is 5.41 Å². The average Bonchev–Trinajstić information content (AvgIpc) is 2.42. The van der Waals surface area contributed by atoms with Gasteiger partial charge in [0.1, 0.15) is 17.5 Å². The Bertz CT molecular complexity index is 441. The third-order valence-electron chi connectivity index (χ3n) is 3.10. The molecule has 0 amide bonds. The zero-order chi connectivity index (χ0) is 15.9. The van der Waals surface area contributed by atoms with Crippen LogP contribution in [0.25, 0.3) is 0 Å². The normalized spacial score (nSPS) is 11.5. The summed E-state index contributed by atoms with van der Waals surface area (Å²) in [7, 11) is 0. The van der Waals surface area contributed by atoms with E-state index in [1.165, 1.54) is 0 Å². The fraction of sp³-hybridized carbons (Fsp3) is 0.750. The van der Waals surface area contributed by atoms with E-state index in [1.807, 2.05) is 13.8 Å². The molecule has 0 aromatic carbocycles. The first-order valence-electron chi connectivity index (χ1n) is 7.84. The maximum atomic E-state index is 5.37. The van der Waals surface area contributed by atoms with Crippen LogP contribution in [0.5, 0.6) is 0 Å². The second-order valence-corrected chi connectivity index (χ2v) is 6.17. The molecule has 120 valence electrons. The standard InChI is InChI=1S/C16H30N4O/c1-7-9-17-13-12(3)14(18-10-11-21-8-2)20-15(19-13)16(4,5)6/h7-11H2,1-6H3,(H2,17,18,19,20). The molecule has 0 atom stereocenters. The lowest BCUT2D eigenvalue weighted by molar-refractivity contribution is 0.158. The van der Waals surface area contributed by atoms with E-state index < -0.39 is 0 Å². The van der Waals surface area contributed by atoms with Gasteiger partial charge in [0.25, 0.3) is 0 Å². The van der Waals surface area contributed by atoms with Crippen LogP contribution in [-0.4, -0.2) is 36.3 Å². The molecule has 0 spiro atoms. The van der Waals surface area contributed by atoms with Crippen molar-refractivity contribution >= 4 is 11.6 Å². The molecule has 1 aromatic heterocycles. The number of ether oxygens (including phenoxy) is 1. The summed E-state index contributed by atoms with van der Waals surface area (Å²) in [5.41, 5.74) is 0.986. The van der Waals surface area contributed by atoms with Crippen molar-refractivity contribution in [2.24, 2.45) is 0 Å². The van der Waals surface area contributed by atoms with Crippen LogP contribution >= 0.6 is 0 Å². The maximum absolute atomic E-state index is 5.37. The number of rotatable bonds is 8. The van der Waals surface area contributed by atoms with Crippen molar-refractivity contribution in [1.82, 2.24) is 9.97 Å². The number of aromatic nitrogens is 2. The Morgan fingerprint density at radius 3 is 2.05 bits per heavy atom. The summed E-state index contributed by atoms with van der Waals surface area (Å²) in [6.07, 6.45) is 1.07. The summed E-state index contributed by atoms with van der Waals surface area (Å²) in [6.45, 7) is 15.7. The van der Waals surface area contributed by atoms with Gasteiger partial charge < -0.3 is 15.4 Å². The first kappa shape index (κ1) is 17.7. The maximum Gasteiger partial charge on any atom is 0.138 e. The van der Waals surface area contributed by atoms with Gasteiger partial charge in [0, 0.05) is 30.7 Å². The summed E-state index contributed by atoms with van der Waals surface area (Å²) in [4.78, 5) is 9.38. The van der Waals surface area contributed by atoms with Crippen LogP contribution in [0.1, 0.15) is 52.4 Å². The van der Waals surface area contributed by atoms with E-state index in [0.717, 1.165) is 49.1 Å². The van der Waals surface area contributed by atoms with Crippen molar-refractivity contribution in [2.45, 2.75) is 53.4 Å². The highest BCUT2D eigenvalue weighted by Gasteiger charge is 2.21. The van der Waals surface area contributed by atoms with Crippen LogP contribution in [-0.2, 0) is 10.2 Å². The summed E-state index contributed by atoms with van der Waals surface area (Å²) < 4.78 is 5.37. The molecule has 0 saturated carbocycles. The molecule has 5 heteroatoms. The Balaban J connectivity index is 2.97. The fourth-order valence-corrected chi connectivity index (χ4v) is 1.83. The van der Waals surface area contributed by atoms with Gasteiger partial charge in [-0.15, -0.1) is 0 Å². The van der Waals surface area contributed by atoms with Crippen molar-refractivity contribution in [1.29, 1.82) is 0 Å². The zero-order valence-corrected chi connectivity index (χ0v) is 14.3. The van der Waals surface area contributed by atoms with E-state index in [0.29, 0.717) is 6.61 Å². The van der Waals surface area contributed by atoms with Crippen LogP contribution in [0.3, 0.4) is 0 Å². The van der Waals surface area contributed by atoms with Crippen LogP contribution in [0, 0.1) is 6.92 Å². The summed E-state index contributed by atoms with van der Waals surface area (Å²) in [6, 6.07) is 0. The minimum atomic E-state index is -0.0767. The molecule has 0 saturated heterocycles. The van der Waals surface area contributed by atoms with Crippen LogP contribution in [0.15, 0.2) is 0 Å². The first-order valence-corrected chi connectivity index (χ1v) is 7.84. The lowest BCUT2D eigenvalue weighted by atomic mass is 9.95. The predicted octanol–water partition coefficient (Wildman–Crippen LogP) is 3.35. The Hall–Kier alpha value is -1.36. The topological polar surface area (TPSA) is 59.1 Å². The first-order chi connectivity index (χ1) is 9.90. The van der Waals surface area contributed by atoms with Crippen LogP contribution in [0.4, 0.5) is 11.6 Å². The molecule has 21 heavy (non-hydrogen) atoms. The SMILES string of the molecule is CCCNc1nc(C(C)(C)C)nc(NCCOCC)c1C. The Morgan fingerprint density at radius 1 is 1.00 bits per heavy atom. The van der Waals surface area contributed by atoms with Gasteiger partial charge in [-0.3, -0.25) is 0 Å². The molecule has 0 radical (unpaired) electrons. The lowest BCUT2D eigenvalue weighted by Gasteiger charge is -2.21. The number of hydrogen-bond acceptors (Lipinski definition) is 5. The summed E-state index contributed by atoms with van der Waals surface area (Å²) >= 11 is 0. The van der Waals surface area contributed by atoms with Crippen molar-refractivity contribution in [3.8, 4) is 0 Å². The number of nitrogens with one attached hydrogen (secondary N) is 2. The van der Waals surface area contributed by atoms with Crippen molar-refractivity contribution in [2.75, 3.05) is 36.9 Å². The van der Waals surface area contributed by atoms with Gasteiger partial charge in [0.05, 0.1) is 6.61 Å². The molecule has 1 heterocycles. The molecule has 1 aromatic rings. The molecule has 5 nitrogen and oxygen atoms in total. The predicted molar refractivity (Wildman–Crippen MR) is 89.2 cm³/mol. The highest BCUT2D eigenvalue weighted by molar-refractivity contribution is 5.57. The monoisotopic (exact) mass is 294 g/mol. The summed E-state index contributed by atoms with van der Waals surface area (Å²) in [5, 5.41) is 6.76. The molecule has 2 N–H and O–H groups in total. The zero-order valence-electron chi connectivity index (χ0n) is 14.3. The molecule has 0 fully saturated rings. The van der Waals surface area contributed by atoms with Crippen molar-refractivity contribution < 1.29 is 4.74 Å². The van der Waals surface area contributed by atoms with Gasteiger partial charge in [-0.05, 0) is 20.3 Å². The third kappa shape index (κ3) is 5.50. The minimum absolute atomic E-state index is 0.0767. The second kappa shape index (κ2) is 8.17. The van der Waals surface area contributed by atoms with Gasteiger partial charge in [0.2, 0.25) is 0 Å². The van der Waals surface area contributed by atoms with E-state index in [2.05, 4.69) is 38.3 Å². The third-order valence-corrected chi connectivity index (χ3v) is 3.10. The fourth-order valence-electron chi connectivity index (χ4n) is 1.83. The van der Waals surface area contributed by atoms with Crippen LogP contribution < -0.4 is 10.6 Å².